The van der Waals surface area contributed by atoms with Crippen LogP contribution in [0.2, 0.25) is 0 Å². The van der Waals surface area contributed by atoms with Gasteiger partial charge in [0.05, 0.1) is 24.9 Å². The van der Waals surface area contributed by atoms with Crippen LogP contribution in [0.15, 0.2) is 42.6 Å². The first-order valence-electron chi connectivity index (χ1n) is 8.84. The molecule has 1 saturated carbocycles. The minimum atomic E-state index is -0.963. The maximum atomic E-state index is 10.3. The SMILES string of the molecule is COc1ccccc1-c1cc2nccc(N[C@@H]3C[C@H](CO)[C@@H](O)[C@H]3O)n2n1. The summed E-state index contributed by atoms with van der Waals surface area (Å²) in [6.45, 7) is -0.165. The Balaban J connectivity index is 1.68. The summed E-state index contributed by atoms with van der Waals surface area (Å²) in [6, 6.07) is 10.8. The Hall–Kier alpha value is -2.68. The molecular weight excluding hydrogens is 348 g/mol. The first-order chi connectivity index (χ1) is 13.1. The van der Waals surface area contributed by atoms with Gasteiger partial charge in [0.25, 0.3) is 0 Å². The molecule has 0 radical (unpaired) electrons. The van der Waals surface area contributed by atoms with Crippen molar-refractivity contribution in [2.24, 2.45) is 5.92 Å². The summed E-state index contributed by atoms with van der Waals surface area (Å²) in [5, 5.41) is 37.5. The van der Waals surface area contributed by atoms with Crippen LogP contribution >= 0.6 is 0 Å². The Labute approximate surface area is 156 Å². The van der Waals surface area contributed by atoms with Crippen molar-refractivity contribution in [3.63, 3.8) is 0 Å². The van der Waals surface area contributed by atoms with Gasteiger partial charge in [0.2, 0.25) is 0 Å². The monoisotopic (exact) mass is 370 g/mol. The van der Waals surface area contributed by atoms with Gasteiger partial charge in [-0.05, 0) is 24.6 Å². The van der Waals surface area contributed by atoms with Gasteiger partial charge in [0.15, 0.2) is 5.65 Å². The lowest BCUT2D eigenvalue weighted by atomic mass is 10.1. The normalized spacial score (nSPS) is 25.0. The second kappa shape index (κ2) is 7.15. The highest BCUT2D eigenvalue weighted by atomic mass is 16.5. The third kappa shape index (κ3) is 3.12. The van der Waals surface area contributed by atoms with Crippen LogP contribution < -0.4 is 10.1 Å². The number of aromatic nitrogens is 3. The first-order valence-corrected chi connectivity index (χ1v) is 8.84. The van der Waals surface area contributed by atoms with Gasteiger partial charge in [-0.25, -0.2) is 4.98 Å². The maximum Gasteiger partial charge on any atom is 0.157 e. The van der Waals surface area contributed by atoms with Gasteiger partial charge in [0.1, 0.15) is 17.7 Å². The van der Waals surface area contributed by atoms with Crippen molar-refractivity contribution in [1.29, 1.82) is 0 Å². The molecule has 4 rings (SSSR count). The van der Waals surface area contributed by atoms with Crippen LogP contribution in [-0.2, 0) is 0 Å². The highest BCUT2D eigenvalue weighted by Crippen LogP contribution is 2.31. The molecule has 2 heterocycles. The molecule has 0 bridgehead atoms. The van der Waals surface area contributed by atoms with Crippen molar-refractivity contribution in [2.75, 3.05) is 19.0 Å². The molecule has 27 heavy (non-hydrogen) atoms. The van der Waals surface area contributed by atoms with Crippen molar-refractivity contribution in [3.8, 4) is 17.0 Å². The van der Waals surface area contributed by atoms with Crippen molar-refractivity contribution in [2.45, 2.75) is 24.7 Å². The predicted molar refractivity (Wildman–Crippen MR) is 99.6 cm³/mol. The molecule has 142 valence electrons. The lowest BCUT2D eigenvalue weighted by Crippen LogP contribution is -2.35. The summed E-state index contributed by atoms with van der Waals surface area (Å²) in [5.41, 5.74) is 2.22. The minimum absolute atomic E-state index is 0.165. The molecule has 4 N–H and O–H groups in total. The van der Waals surface area contributed by atoms with E-state index in [0.717, 1.165) is 17.0 Å². The van der Waals surface area contributed by atoms with Crippen molar-refractivity contribution >= 4 is 11.5 Å². The summed E-state index contributed by atoms with van der Waals surface area (Å²) in [7, 11) is 1.62. The molecule has 0 unspecified atom stereocenters. The fourth-order valence-electron chi connectivity index (χ4n) is 3.63. The van der Waals surface area contributed by atoms with Gasteiger partial charge < -0.3 is 25.4 Å². The topological polar surface area (TPSA) is 112 Å². The Morgan fingerprint density at radius 1 is 1.22 bits per heavy atom. The highest BCUT2D eigenvalue weighted by Gasteiger charge is 2.41. The summed E-state index contributed by atoms with van der Waals surface area (Å²) in [5.74, 6) is 1.02. The third-order valence-corrected chi connectivity index (χ3v) is 5.11. The van der Waals surface area contributed by atoms with Crippen LogP contribution in [0, 0.1) is 5.92 Å². The molecule has 8 nitrogen and oxygen atoms in total. The number of ether oxygens (including phenoxy) is 1. The number of nitrogens with one attached hydrogen (secondary N) is 1. The van der Waals surface area contributed by atoms with E-state index in [0.29, 0.717) is 17.9 Å². The van der Waals surface area contributed by atoms with Gasteiger partial charge in [0, 0.05) is 30.4 Å². The van der Waals surface area contributed by atoms with Gasteiger partial charge in [-0.3, -0.25) is 0 Å². The standard InChI is InChI=1S/C19H22N4O4/c1-27-15-5-3-2-4-12(15)13-9-17-20-7-6-16(23(17)22-13)21-14-8-11(10-24)18(25)19(14)26/h2-7,9,11,14,18-19,21,24-26H,8,10H2,1H3/t11-,14-,18-,19+/m1/s1. The predicted octanol–water partition coefficient (Wildman–Crippen LogP) is 0.919. The van der Waals surface area contributed by atoms with E-state index in [-0.39, 0.29) is 18.6 Å². The minimum Gasteiger partial charge on any atom is -0.496 e. The lowest BCUT2D eigenvalue weighted by Gasteiger charge is -2.19. The molecule has 1 fully saturated rings. The largest absolute Gasteiger partial charge is 0.496 e. The highest BCUT2D eigenvalue weighted by molar-refractivity contribution is 5.71. The number of fused-ring (bicyclic) bond motifs is 1. The Morgan fingerprint density at radius 2 is 2.04 bits per heavy atom. The summed E-state index contributed by atoms with van der Waals surface area (Å²) in [4.78, 5) is 4.35. The number of anilines is 1. The van der Waals surface area contributed by atoms with Crippen LogP contribution in [0.4, 0.5) is 5.82 Å². The smallest absolute Gasteiger partial charge is 0.157 e. The molecule has 1 aromatic carbocycles. The van der Waals surface area contributed by atoms with E-state index in [1.807, 2.05) is 30.3 Å². The number of hydrogen-bond acceptors (Lipinski definition) is 7. The fourth-order valence-corrected chi connectivity index (χ4v) is 3.63. The summed E-state index contributed by atoms with van der Waals surface area (Å²) in [6.07, 6.45) is 0.205. The molecular formula is C19H22N4O4. The van der Waals surface area contributed by atoms with Crippen LogP contribution in [0.25, 0.3) is 16.9 Å². The number of aliphatic hydroxyl groups excluding tert-OH is 3. The number of hydrogen-bond donors (Lipinski definition) is 4. The molecule has 0 amide bonds. The van der Waals surface area contributed by atoms with Crippen LogP contribution in [0.1, 0.15) is 6.42 Å². The summed E-state index contributed by atoms with van der Waals surface area (Å²) >= 11 is 0. The van der Waals surface area contributed by atoms with E-state index >= 15 is 0 Å². The first kappa shape index (κ1) is 17.7. The van der Waals surface area contributed by atoms with Crippen molar-refractivity contribution in [3.05, 3.63) is 42.6 Å². The van der Waals surface area contributed by atoms with Gasteiger partial charge >= 0.3 is 0 Å². The molecule has 3 aromatic rings. The molecule has 0 saturated heterocycles. The third-order valence-electron chi connectivity index (χ3n) is 5.11. The van der Waals surface area contributed by atoms with E-state index in [1.165, 1.54) is 0 Å². The zero-order valence-corrected chi connectivity index (χ0v) is 14.9. The number of benzene rings is 1. The fraction of sp³-hybridized carbons (Fsp3) is 0.368. The van der Waals surface area contributed by atoms with Crippen LogP contribution in [-0.4, -0.2) is 61.9 Å². The number of nitrogens with zero attached hydrogens (tertiary/aromatic N) is 3. The van der Waals surface area contributed by atoms with E-state index in [1.54, 1.807) is 23.9 Å². The molecule has 0 spiro atoms. The van der Waals surface area contributed by atoms with E-state index in [9.17, 15) is 15.3 Å². The zero-order valence-electron chi connectivity index (χ0n) is 14.9. The number of aliphatic hydroxyl groups is 3. The molecule has 8 heteroatoms. The van der Waals surface area contributed by atoms with E-state index in [4.69, 9.17) is 4.74 Å². The number of methoxy groups -OCH3 is 1. The average molecular weight is 370 g/mol. The van der Waals surface area contributed by atoms with Gasteiger partial charge in [-0.15, -0.1) is 0 Å². The Kier molecular flexibility index (Phi) is 4.69. The molecule has 1 aliphatic carbocycles. The van der Waals surface area contributed by atoms with Crippen molar-refractivity contribution < 1.29 is 20.1 Å². The zero-order chi connectivity index (χ0) is 19.0. The van der Waals surface area contributed by atoms with E-state index in [2.05, 4.69) is 15.4 Å². The number of rotatable bonds is 5. The second-order valence-electron chi connectivity index (χ2n) is 6.74. The van der Waals surface area contributed by atoms with E-state index < -0.39 is 12.2 Å². The van der Waals surface area contributed by atoms with Gasteiger partial charge in [-0.1, -0.05) is 12.1 Å². The average Bonchev–Trinajstić information content (AvgIpc) is 3.25. The van der Waals surface area contributed by atoms with Crippen LogP contribution in [0.5, 0.6) is 5.75 Å². The molecule has 0 aliphatic heterocycles. The second-order valence-corrected chi connectivity index (χ2v) is 6.74. The molecule has 1 aliphatic rings. The van der Waals surface area contributed by atoms with Gasteiger partial charge in [-0.2, -0.15) is 9.61 Å². The Bertz CT molecular complexity index is 944. The number of para-hydroxylation sites is 1. The molecule has 2 aromatic heterocycles. The molecule has 4 atom stereocenters. The Morgan fingerprint density at radius 3 is 2.78 bits per heavy atom. The maximum absolute atomic E-state index is 10.3. The lowest BCUT2D eigenvalue weighted by molar-refractivity contribution is 0.00444. The quantitative estimate of drug-likeness (QED) is 0.528. The summed E-state index contributed by atoms with van der Waals surface area (Å²) < 4.78 is 7.07. The van der Waals surface area contributed by atoms with Crippen LogP contribution in [0.3, 0.4) is 0 Å². The van der Waals surface area contributed by atoms with Crippen molar-refractivity contribution in [1.82, 2.24) is 14.6 Å².